The standard InChI is InChI=1S/C17H14N2O4S/c20-15(18-10-12-4-3-9-24-12)11-22-17(21)8-7-16-19-13-5-1-2-6-14(13)23-16/h1-9H,10-11H2,(H,18,20)/b8-7+. The Labute approximate surface area is 141 Å². The summed E-state index contributed by atoms with van der Waals surface area (Å²) in [6, 6.07) is 11.1. The van der Waals surface area contributed by atoms with Gasteiger partial charge in [-0.25, -0.2) is 9.78 Å². The molecular formula is C17H14N2O4S. The first-order valence-corrected chi connectivity index (χ1v) is 8.08. The highest BCUT2D eigenvalue weighted by atomic mass is 32.1. The minimum Gasteiger partial charge on any atom is -0.452 e. The first-order chi connectivity index (χ1) is 11.7. The molecule has 7 heteroatoms. The number of carbonyl (C=O) groups excluding carboxylic acids is 2. The van der Waals surface area contributed by atoms with Crippen molar-refractivity contribution >= 4 is 40.4 Å². The lowest BCUT2D eigenvalue weighted by atomic mass is 10.3. The van der Waals surface area contributed by atoms with Crippen molar-refractivity contribution in [2.75, 3.05) is 6.61 Å². The summed E-state index contributed by atoms with van der Waals surface area (Å²) >= 11 is 1.55. The Balaban J connectivity index is 1.45. The highest BCUT2D eigenvalue weighted by Gasteiger charge is 2.06. The molecule has 0 radical (unpaired) electrons. The van der Waals surface area contributed by atoms with Crippen LogP contribution in [0.3, 0.4) is 0 Å². The van der Waals surface area contributed by atoms with Gasteiger partial charge in [-0.2, -0.15) is 0 Å². The Bertz CT molecular complexity index is 835. The van der Waals surface area contributed by atoms with Crippen molar-refractivity contribution in [2.24, 2.45) is 0 Å². The summed E-state index contributed by atoms with van der Waals surface area (Å²) < 4.78 is 10.3. The molecule has 0 saturated heterocycles. The van der Waals surface area contributed by atoms with E-state index in [9.17, 15) is 9.59 Å². The number of hydrogen-bond donors (Lipinski definition) is 1. The number of nitrogens with one attached hydrogen (secondary N) is 1. The molecule has 0 unspecified atom stereocenters. The molecule has 6 nitrogen and oxygen atoms in total. The highest BCUT2D eigenvalue weighted by molar-refractivity contribution is 7.09. The van der Waals surface area contributed by atoms with Crippen LogP contribution in [0.2, 0.25) is 0 Å². The average Bonchev–Trinajstić information content (AvgIpc) is 3.25. The number of hydrogen-bond acceptors (Lipinski definition) is 6. The van der Waals surface area contributed by atoms with Crippen LogP contribution in [0.5, 0.6) is 0 Å². The largest absolute Gasteiger partial charge is 0.452 e. The van der Waals surface area contributed by atoms with Gasteiger partial charge in [-0.15, -0.1) is 11.3 Å². The topological polar surface area (TPSA) is 81.4 Å². The fourth-order valence-electron chi connectivity index (χ4n) is 1.94. The van der Waals surface area contributed by atoms with Crippen molar-refractivity contribution in [2.45, 2.75) is 6.54 Å². The number of aromatic nitrogens is 1. The first-order valence-electron chi connectivity index (χ1n) is 7.20. The van der Waals surface area contributed by atoms with E-state index in [1.807, 2.05) is 35.7 Å². The van der Waals surface area contributed by atoms with E-state index in [4.69, 9.17) is 9.15 Å². The molecule has 3 aromatic rings. The summed E-state index contributed by atoms with van der Waals surface area (Å²) in [6.07, 6.45) is 2.59. The molecule has 24 heavy (non-hydrogen) atoms. The molecule has 0 atom stereocenters. The number of para-hydroxylation sites is 2. The minimum absolute atomic E-state index is 0.301. The average molecular weight is 342 g/mol. The van der Waals surface area contributed by atoms with Crippen molar-refractivity contribution in [3.05, 3.63) is 58.6 Å². The van der Waals surface area contributed by atoms with Crippen LogP contribution in [0.15, 0.2) is 52.3 Å². The number of thiophene rings is 1. The molecule has 0 spiro atoms. The Hall–Kier alpha value is -2.93. The van der Waals surface area contributed by atoms with Crippen molar-refractivity contribution in [1.82, 2.24) is 10.3 Å². The fourth-order valence-corrected chi connectivity index (χ4v) is 2.58. The van der Waals surface area contributed by atoms with Gasteiger partial charge in [0.15, 0.2) is 12.2 Å². The number of benzene rings is 1. The molecule has 0 saturated carbocycles. The van der Waals surface area contributed by atoms with Crippen molar-refractivity contribution in [3.8, 4) is 0 Å². The van der Waals surface area contributed by atoms with Gasteiger partial charge in [-0.3, -0.25) is 4.79 Å². The second-order valence-electron chi connectivity index (χ2n) is 4.82. The van der Waals surface area contributed by atoms with Crippen molar-refractivity contribution in [1.29, 1.82) is 0 Å². The normalized spacial score (nSPS) is 11.0. The molecule has 0 aliphatic heterocycles. The number of ether oxygens (including phenoxy) is 1. The zero-order valence-electron chi connectivity index (χ0n) is 12.6. The number of amides is 1. The van der Waals surface area contributed by atoms with E-state index in [0.29, 0.717) is 23.5 Å². The van der Waals surface area contributed by atoms with Gasteiger partial charge in [0.2, 0.25) is 5.89 Å². The predicted octanol–water partition coefficient (Wildman–Crippen LogP) is 2.76. The molecule has 3 rings (SSSR count). The van der Waals surface area contributed by atoms with Gasteiger partial charge < -0.3 is 14.5 Å². The van der Waals surface area contributed by atoms with Crippen LogP contribution in [-0.2, 0) is 20.9 Å². The quantitative estimate of drug-likeness (QED) is 0.550. The summed E-state index contributed by atoms with van der Waals surface area (Å²) in [4.78, 5) is 28.4. The molecule has 0 aliphatic carbocycles. The zero-order chi connectivity index (χ0) is 16.8. The van der Waals surface area contributed by atoms with E-state index in [-0.39, 0.29) is 12.5 Å². The van der Waals surface area contributed by atoms with E-state index in [0.717, 1.165) is 4.88 Å². The van der Waals surface area contributed by atoms with Gasteiger partial charge in [-0.1, -0.05) is 18.2 Å². The molecule has 1 N–H and O–H groups in total. The molecule has 122 valence electrons. The molecule has 0 bridgehead atoms. The Morgan fingerprint density at radius 2 is 2.12 bits per heavy atom. The Morgan fingerprint density at radius 3 is 2.92 bits per heavy atom. The van der Waals surface area contributed by atoms with E-state index >= 15 is 0 Å². The van der Waals surface area contributed by atoms with Crippen LogP contribution >= 0.6 is 11.3 Å². The maximum absolute atomic E-state index is 11.6. The van der Waals surface area contributed by atoms with Crippen LogP contribution in [0.4, 0.5) is 0 Å². The lowest BCUT2D eigenvalue weighted by molar-refractivity contribution is -0.143. The number of fused-ring (bicyclic) bond motifs is 1. The SMILES string of the molecule is O=C(COC(=O)/C=C/c1nc2ccccc2o1)NCc1cccs1. The van der Waals surface area contributed by atoms with Crippen LogP contribution in [0, 0.1) is 0 Å². The predicted molar refractivity (Wildman–Crippen MR) is 90.2 cm³/mol. The van der Waals surface area contributed by atoms with Gasteiger partial charge in [0.1, 0.15) is 5.52 Å². The van der Waals surface area contributed by atoms with Crippen LogP contribution in [0.1, 0.15) is 10.8 Å². The number of carbonyl (C=O) groups is 2. The molecule has 2 heterocycles. The Morgan fingerprint density at radius 1 is 1.25 bits per heavy atom. The lowest BCUT2D eigenvalue weighted by Crippen LogP contribution is -2.27. The number of nitrogens with zero attached hydrogens (tertiary/aromatic N) is 1. The van der Waals surface area contributed by atoms with Crippen LogP contribution < -0.4 is 5.32 Å². The molecule has 0 aliphatic rings. The lowest BCUT2D eigenvalue weighted by Gasteiger charge is -2.03. The highest BCUT2D eigenvalue weighted by Crippen LogP contribution is 2.15. The maximum atomic E-state index is 11.6. The smallest absolute Gasteiger partial charge is 0.331 e. The third-order valence-electron chi connectivity index (χ3n) is 3.06. The van der Waals surface area contributed by atoms with Gasteiger partial charge in [0.05, 0.1) is 6.54 Å². The summed E-state index contributed by atoms with van der Waals surface area (Å²) in [6.45, 7) is 0.0922. The summed E-state index contributed by atoms with van der Waals surface area (Å²) in [7, 11) is 0. The maximum Gasteiger partial charge on any atom is 0.331 e. The van der Waals surface area contributed by atoms with E-state index < -0.39 is 5.97 Å². The van der Waals surface area contributed by atoms with Crippen LogP contribution in [0.25, 0.3) is 17.2 Å². The van der Waals surface area contributed by atoms with Crippen molar-refractivity contribution in [3.63, 3.8) is 0 Å². The zero-order valence-corrected chi connectivity index (χ0v) is 13.4. The third-order valence-corrected chi connectivity index (χ3v) is 3.93. The fraction of sp³-hybridized carbons (Fsp3) is 0.118. The molecule has 1 amide bonds. The van der Waals surface area contributed by atoms with Gasteiger partial charge >= 0.3 is 5.97 Å². The number of esters is 1. The molecule has 1 aromatic carbocycles. The first kappa shape index (κ1) is 15.9. The second kappa shape index (κ2) is 7.56. The van der Waals surface area contributed by atoms with E-state index in [2.05, 4.69) is 10.3 Å². The number of oxazole rings is 1. The van der Waals surface area contributed by atoms with E-state index in [1.165, 1.54) is 12.2 Å². The third kappa shape index (κ3) is 4.30. The Kier molecular flexibility index (Phi) is 5.02. The van der Waals surface area contributed by atoms with E-state index in [1.54, 1.807) is 17.4 Å². The summed E-state index contributed by atoms with van der Waals surface area (Å²) in [5.41, 5.74) is 1.34. The van der Waals surface area contributed by atoms with Crippen LogP contribution in [-0.4, -0.2) is 23.5 Å². The monoisotopic (exact) mass is 342 g/mol. The summed E-state index contributed by atoms with van der Waals surface area (Å²) in [5, 5.41) is 4.60. The van der Waals surface area contributed by atoms with Gasteiger partial charge in [-0.05, 0) is 23.6 Å². The van der Waals surface area contributed by atoms with Gasteiger partial charge in [0, 0.05) is 17.0 Å². The second-order valence-corrected chi connectivity index (χ2v) is 5.85. The number of rotatable bonds is 6. The molecular weight excluding hydrogens is 328 g/mol. The summed E-state index contributed by atoms with van der Waals surface area (Å²) in [5.74, 6) is -0.689. The molecule has 2 aromatic heterocycles. The minimum atomic E-state index is -0.636. The molecule has 0 fully saturated rings. The van der Waals surface area contributed by atoms with Crippen molar-refractivity contribution < 1.29 is 18.7 Å². The van der Waals surface area contributed by atoms with Gasteiger partial charge in [0.25, 0.3) is 5.91 Å².